The van der Waals surface area contributed by atoms with Gasteiger partial charge in [-0.15, -0.1) is 0 Å². The van der Waals surface area contributed by atoms with Gasteiger partial charge in [0.1, 0.15) is 5.78 Å². The van der Waals surface area contributed by atoms with Crippen LogP contribution in [0.1, 0.15) is 32.3 Å². The van der Waals surface area contributed by atoms with Crippen molar-refractivity contribution in [3.8, 4) is 0 Å². The van der Waals surface area contributed by atoms with Crippen molar-refractivity contribution in [2.45, 2.75) is 37.6 Å². The van der Waals surface area contributed by atoms with Crippen LogP contribution in [0.15, 0.2) is 24.3 Å². The predicted molar refractivity (Wildman–Crippen MR) is 96.7 cm³/mol. The normalized spacial score (nSPS) is 21.1. The maximum Gasteiger partial charge on any atom is 0.234 e. The number of aliphatic hydroxyl groups is 1. The fourth-order valence-electron chi connectivity index (χ4n) is 3.80. The molecule has 2 fully saturated rings. The van der Waals surface area contributed by atoms with E-state index in [0.717, 1.165) is 18.7 Å². The summed E-state index contributed by atoms with van der Waals surface area (Å²) in [5.74, 6) is 0.143. The molecule has 25 heavy (non-hydrogen) atoms. The van der Waals surface area contributed by atoms with Gasteiger partial charge in [0.05, 0.1) is 12.0 Å². The summed E-state index contributed by atoms with van der Waals surface area (Å²) in [6.07, 6.45) is 0.517. The third kappa shape index (κ3) is 3.33. The molecule has 1 amide bonds. The summed E-state index contributed by atoms with van der Waals surface area (Å²) in [5.41, 5.74) is -0.203. The monoisotopic (exact) mass is 364 g/mol. The fourth-order valence-corrected chi connectivity index (χ4v) is 3.99. The Hall–Kier alpha value is -1.43. The number of Topliss-reactive ketones (excluding diaryl/α,β-unsaturated/α-hetero) is 1. The van der Waals surface area contributed by atoms with Gasteiger partial charge in [0.25, 0.3) is 0 Å². The number of halogens is 1. The minimum atomic E-state index is -0.753. The van der Waals surface area contributed by atoms with Crippen molar-refractivity contribution in [3.05, 3.63) is 34.9 Å². The number of rotatable bonds is 4. The Labute approximate surface area is 153 Å². The van der Waals surface area contributed by atoms with Crippen molar-refractivity contribution >= 4 is 23.3 Å². The second kappa shape index (κ2) is 6.71. The summed E-state index contributed by atoms with van der Waals surface area (Å²) < 4.78 is 0. The molecule has 0 atom stereocenters. The van der Waals surface area contributed by atoms with Crippen LogP contribution >= 0.6 is 11.6 Å². The zero-order valence-electron chi connectivity index (χ0n) is 14.8. The van der Waals surface area contributed by atoms with E-state index in [1.807, 2.05) is 30.9 Å². The third-order valence-electron chi connectivity index (χ3n) is 5.59. The number of amides is 1. The molecule has 1 saturated heterocycles. The van der Waals surface area contributed by atoms with E-state index in [0.29, 0.717) is 18.1 Å². The molecule has 0 bridgehead atoms. The van der Waals surface area contributed by atoms with Crippen LogP contribution in [-0.4, -0.2) is 64.9 Å². The van der Waals surface area contributed by atoms with E-state index in [1.54, 1.807) is 12.1 Å². The van der Waals surface area contributed by atoms with Crippen LogP contribution in [0.4, 0.5) is 0 Å². The molecule has 0 unspecified atom stereocenters. The standard InChI is InChI=1S/C19H25ClN2O3/c1-18(2,13-23)22-8-6-21(7-9-22)17(25)19(11-16(24)12-19)14-4-3-5-15(20)10-14/h3-5,10,23H,6-9,11-13H2,1-2H3. The fraction of sp³-hybridized carbons (Fsp3) is 0.579. The van der Waals surface area contributed by atoms with E-state index in [4.69, 9.17) is 11.6 Å². The van der Waals surface area contributed by atoms with Crippen LogP contribution in [0, 0.1) is 0 Å². The van der Waals surface area contributed by atoms with Crippen LogP contribution in [0.3, 0.4) is 0 Å². The second-order valence-electron chi connectivity index (χ2n) is 7.73. The smallest absolute Gasteiger partial charge is 0.234 e. The highest BCUT2D eigenvalue weighted by atomic mass is 35.5. The quantitative estimate of drug-likeness (QED) is 0.885. The molecule has 0 radical (unpaired) electrons. The van der Waals surface area contributed by atoms with Crippen LogP contribution in [0.2, 0.25) is 5.02 Å². The molecule has 1 saturated carbocycles. The molecule has 5 nitrogen and oxygen atoms in total. The molecule has 136 valence electrons. The lowest BCUT2D eigenvalue weighted by atomic mass is 9.62. The van der Waals surface area contributed by atoms with Gasteiger partial charge >= 0.3 is 0 Å². The zero-order valence-corrected chi connectivity index (χ0v) is 15.6. The summed E-state index contributed by atoms with van der Waals surface area (Å²) in [6, 6.07) is 7.30. The number of hydrogen-bond acceptors (Lipinski definition) is 4. The Morgan fingerprint density at radius 2 is 1.88 bits per heavy atom. The molecule has 3 rings (SSSR count). The molecule has 0 spiro atoms. The Kier molecular flexibility index (Phi) is 4.93. The van der Waals surface area contributed by atoms with Gasteiger partial charge in [0, 0.05) is 49.6 Å². The molecule has 1 aliphatic carbocycles. The number of carbonyl (C=O) groups is 2. The molecule has 1 aromatic rings. The minimum Gasteiger partial charge on any atom is -0.394 e. The lowest BCUT2D eigenvalue weighted by Crippen LogP contribution is -2.61. The van der Waals surface area contributed by atoms with Gasteiger partial charge in [-0.25, -0.2) is 0 Å². The van der Waals surface area contributed by atoms with Gasteiger partial charge in [-0.2, -0.15) is 0 Å². The second-order valence-corrected chi connectivity index (χ2v) is 8.17. The molecular formula is C19H25ClN2O3. The molecular weight excluding hydrogens is 340 g/mol. The van der Waals surface area contributed by atoms with Gasteiger partial charge < -0.3 is 10.0 Å². The number of hydrogen-bond donors (Lipinski definition) is 1. The Balaban J connectivity index is 1.76. The summed E-state index contributed by atoms with van der Waals surface area (Å²) >= 11 is 6.10. The van der Waals surface area contributed by atoms with Crippen LogP contribution in [0.25, 0.3) is 0 Å². The van der Waals surface area contributed by atoms with E-state index >= 15 is 0 Å². The first-order valence-electron chi connectivity index (χ1n) is 8.71. The van der Waals surface area contributed by atoms with Crippen molar-refractivity contribution in [2.75, 3.05) is 32.8 Å². The predicted octanol–water partition coefficient (Wildman–Crippen LogP) is 1.86. The highest BCUT2D eigenvalue weighted by Gasteiger charge is 2.53. The van der Waals surface area contributed by atoms with Crippen molar-refractivity contribution in [1.29, 1.82) is 0 Å². The first-order valence-corrected chi connectivity index (χ1v) is 9.09. The van der Waals surface area contributed by atoms with E-state index in [2.05, 4.69) is 4.90 Å². The molecule has 6 heteroatoms. The molecule has 1 aliphatic heterocycles. The summed E-state index contributed by atoms with van der Waals surface area (Å²) in [5, 5.41) is 10.1. The maximum atomic E-state index is 13.2. The summed E-state index contributed by atoms with van der Waals surface area (Å²) in [7, 11) is 0. The van der Waals surface area contributed by atoms with Gasteiger partial charge in [-0.05, 0) is 31.5 Å². The Morgan fingerprint density at radius 3 is 2.40 bits per heavy atom. The largest absolute Gasteiger partial charge is 0.394 e. The highest BCUT2D eigenvalue weighted by Crippen LogP contribution is 2.43. The van der Waals surface area contributed by atoms with Gasteiger partial charge in [0.2, 0.25) is 5.91 Å². The van der Waals surface area contributed by atoms with E-state index in [-0.39, 0.29) is 36.7 Å². The Morgan fingerprint density at radius 1 is 1.24 bits per heavy atom. The molecule has 1 heterocycles. The van der Waals surface area contributed by atoms with Gasteiger partial charge in [-0.1, -0.05) is 23.7 Å². The number of benzene rings is 1. The van der Waals surface area contributed by atoms with Crippen molar-refractivity contribution in [2.24, 2.45) is 0 Å². The number of carbonyl (C=O) groups excluding carboxylic acids is 2. The number of ketones is 1. The highest BCUT2D eigenvalue weighted by molar-refractivity contribution is 6.30. The number of nitrogens with zero attached hydrogens (tertiary/aromatic N) is 2. The van der Waals surface area contributed by atoms with Crippen molar-refractivity contribution < 1.29 is 14.7 Å². The minimum absolute atomic E-state index is 0.0239. The molecule has 2 aliphatic rings. The van der Waals surface area contributed by atoms with Crippen LogP contribution in [-0.2, 0) is 15.0 Å². The zero-order chi connectivity index (χ0) is 18.2. The average Bonchev–Trinajstić information content (AvgIpc) is 2.58. The first kappa shape index (κ1) is 18.4. The number of aliphatic hydroxyl groups excluding tert-OH is 1. The van der Waals surface area contributed by atoms with Crippen LogP contribution < -0.4 is 0 Å². The third-order valence-corrected chi connectivity index (χ3v) is 5.83. The topological polar surface area (TPSA) is 60.9 Å². The van der Waals surface area contributed by atoms with Crippen molar-refractivity contribution in [1.82, 2.24) is 9.80 Å². The molecule has 1 aromatic carbocycles. The summed E-state index contributed by atoms with van der Waals surface area (Å²) in [4.78, 5) is 29.1. The lowest BCUT2D eigenvalue weighted by Gasteiger charge is -2.47. The Bertz CT molecular complexity index is 673. The SMILES string of the molecule is CC(C)(CO)N1CCN(C(=O)C2(c3cccc(Cl)c3)CC(=O)C2)CC1. The van der Waals surface area contributed by atoms with Gasteiger partial charge in [-0.3, -0.25) is 14.5 Å². The van der Waals surface area contributed by atoms with Crippen LogP contribution in [0.5, 0.6) is 0 Å². The first-order chi connectivity index (χ1) is 11.8. The number of piperazine rings is 1. The van der Waals surface area contributed by atoms with E-state index in [1.165, 1.54) is 0 Å². The maximum absolute atomic E-state index is 13.2. The summed E-state index contributed by atoms with van der Waals surface area (Å²) in [6.45, 7) is 6.75. The van der Waals surface area contributed by atoms with Gasteiger partial charge in [0.15, 0.2) is 0 Å². The lowest BCUT2D eigenvalue weighted by molar-refractivity contribution is -0.150. The van der Waals surface area contributed by atoms with E-state index < -0.39 is 5.41 Å². The molecule has 0 aromatic heterocycles. The van der Waals surface area contributed by atoms with E-state index in [9.17, 15) is 14.7 Å². The van der Waals surface area contributed by atoms with Crippen molar-refractivity contribution in [3.63, 3.8) is 0 Å². The average molecular weight is 365 g/mol. The molecule has 1 N–H and O–H groups in total.